The fourth-order valence-electron chi connectivity index (χ4n) is 2.85. The Kier molecular flexibility index (Phi) is 7.32. The van der Waals surface area contributed by atoms with E-state index in [2.05, 4.69) is 10.0 Å². The summed E-state index contributed by atoms with van der Waals surface area (Å²) < 4.78 is 51.4. The molecule has 0 spiro atoms. The molecule has 0 heterocycles. The highest BCUT2D eigenvalue weighted by Crippen LogP contribution is 2.29. The molecule has 0 aliphatic heterocycles. The predicted molar refractivity (Wildman–Crippen MR) is 120 cm³/mol. The predicted octanol–water partition coefficient (Wildman–Crippen LogP) is 4.68. The number of halogens is 1. The molecule has 0 radical (unpaired) electrons. The van der Waals surface area contributed by atoms with Crippen LogP contribution in [0.3, 0.4) is 0 Å². The number of nitrogens with one attached hydrogen (secondary N) is 2. The maximum Gasteiger partial charge on any atom is 0.261 e. The molecule has 32 heavy (non-hydrogen) atoms. The quantitative estimate of drug-likeness (QED) is 0.486. The number of ether oxygens (including phenoxy) is 2. The molecule has 0 aromatic heterocycles. The number of hydrogen-bond acceptors (Lipinski definition) is 5. The molecule has 7 nitrogen and oxygen atoms in total. The molecule has 168 valence electrons. The first-order valence-corrected chi connectivity index (χ1v) is 11.4. The third-order valence-electron chi connectivity index (χ3n) is 4.32. The fourth-order valence-corrected chi connectivity index (χ4v) is 3.90. The van der Waals surface area contributed by atoms with Gasteiger partial charge in [-0.05, 0) is 80.6 Å². The lowest BCUT2D eigenvalue weighted by molar-refractivity contribution is 0.102. The average Bonchev–Trinajstić information content (AvgIpc) is 2.77. The van der Waals surface area contributed by atoms with E-state index < -0.39 is 15.8 Å². The van der Waals surface area contributed by atoms with Gasteiger partial charge in [0.25, 0.3) is 15.9 Å². The summed E-state index contributed by atoms with van der Waals surface area (Å²) in [4.78, 5) is 12.6. The van der Waals surface area contributed by atoms with Gasteiger partial charge in [0.1, 0.15) is 5.82 Å². The van der Waals surface area contributed by atoms with Crippen LogP contribution < -0.4 is 19.5 Å². The highest BCUT2D eigenvalue weighted by molar-refractivity contribution is 7.92. The first-order chi connectivity index (χ1) is 15.3. The highest BCUT2D eigenvalue weighted by atomic mass is 32.2. The van der Waals surface area contributed by atoms with Crippen molar-refractivity contribution in [2.75, 3.05) is 23.3 Å². The third kappa shape index (κ3) is 5.76. The minimum absolute atomic E-state index is 0.000441. The fraction of sp³-hybridized carbons (Fsp3) is 0.174. The molecule has 0 unspecified atom stereocenters. The van der Waals surface area contributed by atoms with Crippen LogP contribution in [-0.2, 0) is 10.0 Å². The third-order valence-corrected chi connectivity index (χ3v) is 5.72. The number of sulfonamides is 1. The van der Waals surface area contributed by atoms with E-state index in [1.807, 2.05) is 13.8 Å². The van der Waals surface area contributed by atoms with Gasteiger partial charge in [0, 0.05) is 16.9 Å². The second kappa shape index (κ2) is 10.1. The van der Waals surface area contributed by atoms with Gasteiger partial charge in [0.15, 0.2) is 11.5 Å². The Morgan fingerprint density at radius 2 is 1.44 bits per heavy atom. The van der Waals surface area contributed by atoms with E-state index in [-0.39, 0.29) is 16.5 Å². The SMILES string of the molecule is CCOc1ccc(C(=O)Nc2ccc(S(=O)(=O)Nc3ccc(F)cc3)cc2)cc1OCC. The van der Waals surface area contributed by atoms with Crippen LogP contribution in [0.1, 0.15) is 24.2 Å². The number of benzene rings is 3. The molecule has 0 atom stereocenters. The average molecular weight is 459 g/mol. The van der Waals surface area contributed by atoms with Crippen LogP contribution in [0.4, 0.5) is 15.8 Å². The van der Waals surface area contributed by atoms with Crippen LogP contribution in [0.25, 0.3) is 0 Å². The lowest BCUT2D eigenvalue weighted by Crippen LogP contribution is -2.14. The summed E-state index contributed by atoms with van der Waals surface area (Å²) in [6.45, 7) is 4.59. The molecule has 1 amide bonds. The van der Waals surface area contributed by atoms with Crippen molar-refractivity contribution in [2.24, 2.45) is 0 Å². The summed E-state index contributed by atoms with van der Waals surface area (Å²) in [7, 11) is -3.86. The van der Waals surface area contributed by atoms with Crippen LogP contribution in [-0.4, -0.2) is 27.5 Å². The van der Waals surface area contributed by atoms with Gasteiger partial charge in [-0.1, -0.05) is 0 Å². The molecular weight excluding hydrogens is 435 g/mol. The van der Waals surface area contributed by atoms with Gasteiger partial charge >= 0.3 is 0 Å². The Labute approximate surface area is 186 Å². The Balaban J connectivity index is 1.71. The molecule has 0 saturated carbocycles. The topological polar surface area (TPSA) is 93.7 Å². The van der Waals surface area contributed by atoms with Crippen LogP contribution >= 0.6 is 0 Å². The summed E-state index contributed by atoms with van der Waals surface area (Å²) in [6.07, 6.45) is 0. The zero-order valence-electron chi connectivity index (χ0n) is 17.6. The van der Waals surface area contributed by atoms with Crippen molar-refractivity contribution in [1.29, 1.82) is 0 Å². The number of amides is 1. The van der Waals surface area contributed by atoms with E-state index in [1.54, 1.807) is 18.2 Å². The molecule has 9 heteroatoms. The molecule has 3 aromatic carbocycles. The number of carbonyl (C=O) groups excluding carboxylic acids is 1. The Hall–Kier alpha value is -3.59. The Morgan fingerprint density at radius 3 is 2.06 bits per heavy atom. The molecular formula is C23H23FN2O5S. The van der Waals surface area contributed by atoms with Crippen molar-refractivity contribution < 1.29 is 27.1 Å². The molecule has 0 saturated heterocycles. The van der Waals surface area contributed by atoms with Crippen LogP contribution in [0, 0.1) is 5.82 Å². The molecule has 3 aromatic rings. The van der Waals surface area contributed by atoms with E-state index in [4.69, 9.17) is 9.47 Å². The van der Waals surface area contributed by atoms with Crippen molar-refractivity contribution >= 4 is 27.3 Å². The number of carbonyl (C=O) groups is 1. The monoisotopic (exact) mass is 458 g/mol. The van der Waals surface area contributed by atoms with Crippen molar-refractivity contribution in [2.45, 2.75) is 18.7 Å². The zero-order chi connectivity index (χ0) is 23.1. The standard InChI is InChI=1S/C23H23FN2O5S/c1-3-30-21-14-5-16(15-22(21)31-4-2)23(27)25-18-10-12-20(13-11-18)32(28,29)26-19-8-6-17(24)7-9-19/h5-15,26H,3-4H2,1-2H3,(H,25,27). The van der Waals surface area contributed by atoms with Gasteiger partial charge in [0.05, 0.1) is 18.1 Å². The van der Waals surface area contributed by atoms with E-state index in [1.165, 1.54) is 36.4 Å². The maximum atomic E-state index is 13.0. The second-order valence-corrected chi connectivity index (χ2v) is 8.30. The van der Waals surface area contributed by atoms with Crippen LogP contribution in [0.5, 0.6) is 11.5 Å². The smallest absolute Gasteiger partial charge is 0.261 e. The van der Waals surface area contributed by atoms with Crippen molar-refractivity contribution in [3.63, 3.8) is 0 Å². The van der Waals surface area contributed by atoms with Crippen LogP contribution in [0.15, 0.2) is 71.6 Å². The van der Waals surface area contributed by atoms with Gasteiger partial charge in [-0.15, -0.1) is 0 Å². The minimum atomic E-state index is -3.86. The largest absolute Gasteiger partial charge is 0.490 e. The van der Waals surface area contributed by atoms with Crippen molar-refractivity contribution in [1.82, 2.24) is 0 Å². The number of hydrogen-bond donors (Lipinski definition) is 2. The van der Waals surface area contributed by atoms with Gasteiger partial charge in [0.2, 0.25) is 0 Å². The lowest BCUT2D eigenvalue weighted by Gasteiger charge is -2.13. The van der Waals surface area contributed by atoms with E-state index in [0.717, 1.165) is 12.1 Å². The van der Waals surface area contributed by atoms with E-state index in [9.17, 15) is 17.6 Å². The Bertz CT molecular complexity index is 1180. The minimum Gasteiger partial charge on any atom is -0.490 e. The summed E-state index contributed by atoms with van der Waals surface area (Å²) in [5.41, 5.74) is 1.03. The van der Waals surface area contributed by atoms with E-state index >= 15 is 0 Å². The van der Waals surface area contributed by atoms with Gasteiger partial charge < -0.3 is 14.8 Å². The number of rotatable bonds is 9. The van der Waals surface area contributed by atoms with Gasteiger partial charge in [-0.2, -0.15) is 0 Å². The molecule has 0 aliphatic rings. The van der Waals surface area contributed by atoms with Gasteiger partial charge in [-0.3, -0.25) is 9.52 Å². The molecule has 0 aliphatic carbocycles. The molecule has 0 fully saturated rings. The second-order valence-electron chi connectivity index (χ2n) is 6.62. The first kappa shape index (κ1) is 23.1. The summed E-state index contributed by atoms with van der Waals surface area (Å²) in [5, 5.41) is 2.72. The summed E-state index contributed by atoms with van der Waals surface area (Å²) in [5.74, 6) is 0.174. The number of anilines is 2. The first-order valence-electron chi connectivity index (χ1n) is 9.92. The summed E-state index contributed by atoms with van der Waals surface area (Å²) in [6, 6.07) is 15.6. The highest BCUT2D eigenvalue weighted by Gasteiger charge is 2.16. The zero-order valence-corrected chi connectivity index (χ0v) is 18.4. The molecule has 2 N–H and O–H groups in total. The Morgan fingerprint density at radius 1 is 0.844 bits per heavy atom. The maximum absolute atomic E-state index is 13.0. The van der Waals surface area contributed by atoms with E-state index in [0.29, 0.717) is 36.0 Å². The molecule has 0 bridgehead atoms. The lowest BCUT2D eigenvalue weighted by atomic mass is 10.2. The van der Waals surface area contributed by atoms with Crippen molar-refractivity contribution in [3.05, 3.63) is 78.1 Å². The normalized spacial score (nSPS) is 11.0. The van der Waals surface area contributed by atoms with Gasteiger partial charge in [-0.25, -0.2) is 12.8 Å². The van der Waals surface area contributed by atoms with Crippen molar-refractivity contribution in [3.8, 4) is 11.5 Å². The summed E-state index contributed by atoms with van der Waals surface area (Å²) >= 11 is 0. The molecule has 3 rings (SSSR count). The van der Waals surface area contributed by atoms with Crippen LogP contribution in [0.2, 0.25) is 0 Å².